The van der Waals surface area contributed by atoms with Gasteiger partial charge in [0.25, 0.3) is 10.2 Å². The number of halogens is 1. The zero-order valence-corrected chi connectivity index (χ0v) is 19.0. The highest BCUT2D eigenvalue weighted by Crippen LogP contribution is 2.46. The summed E-state index contributed by atoms with van der Waals surface area (Å²) in [5.74, 6) is -0.829. The first-order valence-corrected chi connectivity index (χ1v) is 11.7. The van der Waals surface area contributed by atoms with Crippen molar-refractivity contribution < 1.29 is 31.8 Å². The highest BCUT2D eigenvalue weighted by molar-refractivity contribution is 7.90. The second-order valence-corrected chi connectivity index (χ2v) is 9.23. The molecule has 13 nitrogen and oxygen atoms in total. The van der Waals surface area contributed by atoms with Crippen molar-refractivity contribution in [1.29, 1.82) is 0 Å². The molecule has 15 heteroatoms. The van der Waals surface area contributed by atoms with Gasteiger partial charge in [0.1, 0.15) is 17.0 Å². The predicted octanol–water partition coefficient (Wildman–Crippen LogP) is 1.31. The van der Waals surface area contributed by atoms with Crippen LogP contribution >= 0.6 is 0 Å². The fourth-order valence-electron chi connectivity index (χ4n) is 3.74. The Morgan fingerprint density at radius 1 is 1.20 bits per heavy atom. The van der Waals surface area contributed by atoms with E-state index < -0.39 is 33.5 Å². The number of nitrogens with one attached hydrogen (secondary N) is 2. The van der Waals surface area contributed by atoms with Gasteiger partial charge in [-0.15, -0.1) is 0 Å². The van der Waals surface area contributed by atoms with Gasteiger partial charge in [0.05, 0.1) is 32.2 Å². The maximum Gasteiger partial charge on any atom is 0.416 e. The summed E-state index contributed by atoms with van der Waals surface area (Å²) in [6.45, 7) is 0.103. The standard InChI is InChI=1S/C20H18FN7O6S/c1-22-35(30,31)27-17-16(21)12(4-5-23-17)9-28-19(29)34-15-8-13(33-18-24-6-7-25-26-18)2-3-14(15)20(28)10-32-11-20/h2-8,22H,9-11H2,1H3,(H,23,27). The molecule has 1 saturated heterocycles. The van der Waals surface area contributed by atoms with E-state index in [0.717, 1.165) is 0 Å². The molecule has 35 heavy (non-hydrogen) atoms. The number of carbonyl (C=O) groups is 1. The van der Waals surface area contributed by atoms with Gasteiger partial charge in [-0.1, -0.05) is 5.10 Å². The number of carbonyl (C=O) groups excluding carboxylic acids is 1. The number of ether oxygens (including phenoxy) is 3. The van der Waals surface area contributed by atoms with E-state index in [1.165, 1.54) is 42.7 Å². The molecule has 0 atom stereocenters. The normalized spacial score (nSPS) is 16.3. The van der Waals surface area contributed by atoms with Gasteiger partial charge in [0, 0.05) is 30.4 Å². The molecular formula is C20H18FN7O6S. The number of amides is 1. The van der Waals surface area contributed by atoms with Crippen LogP contribution in [0.2, 0.25) is 0 Å². The zero-order chi connectivity index (χ0) is 24.6. The summed E-state index contributed by atoms with van der Waals surface area (Å²) in [6.07, 6.45) is 3.33. The summed E-state index contributed by atoms with van der Waals surface area (Å²) in [4.78, 5) is 22.1. The van der Waals surface area contributed by atoms with Gasteiger partial charge in [0.15, 0.2) is 11.6 Å². The van der Waals surface area contributed by atoms with Crippen molar-refractivity contribution in [3.63, 3.8) is 0 Å². The van der Waals surface area contributed by atoms with E-state index in [9.17, 15) is 13.2 Å². The van der Waals surface area contributed by atoms with Crippen LogP contribution in [0.1, 0.15) is 11.1 Å². The largest absolute Gasteiger partial charge is 0.423 e. The molecule has 1 spiro atoms. The first kappa shape index (κ1) is 22.8. The fraction of sp³-hybridized carbons (Fsp3) is 0.250. The smallest absolute Gasteiger partial charge is 0.416 e. The number of fused-ring (bicyclic) bond motifs is 2. The van der Waals surface area contributed by atoms with Crippen molar-refractivity contribution in [3.8, 4) is 17.5 Å². The minimum Gasteiger partial charge on any atom is -0.423 e. The molecule has 2 aliphatic rings. The van der Waals surface area contributed by atoms with Crippen LogP contribution in [0.25, 0.3) is 0 Å². The van der Waals surface area contributed by atoms with Gasteiger partial charge in [-0.25, -0.2) is 23.9 Å². The molecule has 0 bridgehead atoms. The Hall–Kier alpha value is -3.95. The number of anilines is 1. The van der Waals surface area contributed by atoms with Crippen LogP contribution in [0.4, 0.5) is 15.0 Å². The van der Waals surface area contributed by atoms with Crippen LogP contribution in [0.5, 0.6) is 17.5 Å². The van der Waals surface area contributed by atoms with E-state index in [1.807, 2.05) is 9.44 Å². The van der Waals surface area contributed by atoms with E-state index in [2.05, 4.69) is 20.2 Å². The van der Waals surface area contributed by atoms with Crippen molar-refractivity contribution in [2.75, 3.05) is 25.0 Å². The first-order valence-electron chi connectivity index (χ1n) is 10.2. The molecule has 2 N–H and O–H groups in total. The molecule has 4 heterocycles. The van der Waals surface area contributed by atoms with Crippen LogP contribution in [0.3, 0.4) is 0 Å². The Morgan fingerprint density at radius 3 is 2.71 bits per heavy atom. The van der Waals surface area contributed by atoms with E-state index in [0.29, 0.717) is 11.3 Å². The molecular weight excluding hydrogens is 485 g/mol. The summed E-state index contributed by atoms with van der Waals surface area (Å²) < 4.78 is 59.2. The van der Waals surface area contributed by atoms with Crippen molar-refractivity contribution >= 4 is 22.1 Å². The van der Waals surface area contributed by atoms with Gasteiger partial charge in [0.2, 0.25) is 0 Å². The molecule has 0 radical (unpaired) electrons. The third-order valence-corrected chi connectivity index (χ3v) is 6.54. The van der Waals surface area contributed by atoms with Crippen molar-refractivity contribution in [2.45, 2.75) is 12.1 Å². The molecule has 2 aliphatic heterocycles. The second-order valence-electron chi connectivity index (χ2n) is 7.61. The highest BCUT2D eigenvalue weighted by Gasteiger charge is 2.53. The molecule has 2 aromatic heterocycles. The van der Waals surface area contributed by atoms with Crippen molar-refractivity contribution in [1.82, 2.24) is 29.8 Å². The highest BCUT2D eigenvalue weighted by atomic mass is 32.2. The van der Waals surface area contributed by atoms with E-state index in [-0.39, 0.29) is 37.1 Å². The van der Waals surface area contributed by atoms with Gasteiger partial charge < -0.3 is 14.2 Å². The summed E-state index contributed by atoms with van der Waals surface area (Å²) in [6, 6.07) is 6.28. The first-order chi connectivity index (χ1) is 16.8. The number of aromatic nitrogens is 4. The minimum atomic E-state index is -3.99. The average molecular weight is 503 g/mol. The molecule has 0 aliphatic carbocycles. The SMILES string of the molecule is CNS(=O)(=O)Nc1nccc(CN2C(=O)Oc3cc(Oc4nccnn4)ccc3C23COC3)c1F. The van der Waals surface area contributed by atoms with E-state index in [1.54, 1.807) is 12.1 Å². The Morgan fingerprint density at radius 2 is 2.03 bits per heavy atom. The van der Waals surface area contributed by atoms with Crippen LogP contribution in [0, 0.1) is 5.82 Å². The number of rotatable bonds is 7. The molecule has 3 aromatic rings. The number of nitrogens with zero attached hydrogens (tertiary/aromatic N) is 5. The lowest BCUT2D eigenvalue weighted by atomic mass is 9.84. The number of hydrogen-bond donors (Lipinski definition) is 2. The second kappa shape index (κ2) is 8.68. The number of benzene rings is 1. The maximum atomic E-state index is 15.1. The molecule has 182 valence electrons. The quantitative estimate of drug-likeness (QED) is 0.482. The monoisotopic (exact) mass is 503 g/mol. The van der Waals surface area contributed by atoms with E-state index in [4.69, 9.17) is 14.2 Å². The van der Waals surface area contributed by atoms with Gasteiger partial charge in [-0.2, -0.15) is 13.5 Å². The summed E-state index contributed by atoms with van der Waals surface area (Å²) in [5.41, 5.74) is -0.225. The Balaban J connectivity index is 1.44. The van der Waals surface area contributed by atoms with Crippen LogP contribution in [-0.2, 0) is 27.0 Å². The Labute approximate surface area is 198 Å². The summed E-state index contributed by atoms with van der Waals surface area (Å²) in [5, 5.41) is 7.44. The third-order valence-electron chi connectivity index (χ3n) is 5.54. The topological polar surface area (TPSA) is 158 Å². The van der Waals surface area contributed by atoms with Crippen molar-refractivity contribution in [3.05, 3.63) is 59.8 Å². The maximum absolute atomic E-state index is 15.1. The number of pyridine rings is 1. The van der Waals surface area contributed by atoms with E-state index >= 15 is 4.39 Å². The van der Waals surface area contributed by atoms with Gasteiger partial charge in [-0.3, -0.25) is 9.62 Å². The molecule has 0 unspecified atom stereocenters. The van der Waals surface area contributed by atoms with Crippen LogP contribution in [0.15, 0.2) is 42.9 Å². The lowest BCUT2D eigenvalue weighted by molar-refractivity contribution is -0.143. The van der Waals surface area contributed by atoms with Crippen molar-refractivity contribution in [2.24, 2.45) is 0 Å². The molecule has 1 fully saturated rings. The Bertz CT molecular complexity index is 1390. The lowest BCUT2D eigenvalue weighted by Gasteiger charge is -2.51. The number of hydrogen-bond acceptors (Lipinski definition) is 10. The third kappa shape index (κ3) is 4.20. The average Bonchev–Trinajstić information content (AvgIpc) is 2.81. The molecule has 5 rings (SSSR count). The summed E-state index contributed by atoms with van der Waals surface area (Å²) in [7, 11) is -2.82. The molecule has 1 aromatic carbocycles. The molecule has 1 amide bonds. The van der Waals surface area contributed by atoms with Crippen LogP contribution < -0.4 is 18.9 Å². The predicted molar refractivity (Wildman–Crippen MR) is 116 cm³/mol. The van der Waals surface area contributed by atoms with Gasteiger partial charge in [-0.05, 0) is 18.2 Å². The fourth-order valence-corrected chi connectivity index (χ4v) is 4.24. The molecule has 0 saturated carbocycles. The zero-order valence-electron chi connectivity index (χ0n) is 18.1. The summed E-state index contributed by atoms with van der Waals surface area (Å²) >= 11 is 0. The lowest BCUT2D eigenvalue weighted by Crippen LogP contribution is -2.63. The van der Waals surface area contributed by atoms with Crippen LogP contribution in [-0.4, -0.2) is 59.8 Å². The minimum absolute atomic E-state index is 0.0239. The van der Waals surface area contributed by atoms with Gasteiger partial charge >= 0.3 is 12.1 Å². The Kier molecular flexibility index (Phi) is 5.66.